The topological polar surface area (TPSA) is 50.7 Å². The Morgan fingerprint density at radius 1 is 0.967 bits per heavy atom. The molecular weight excluding hydrogens is 534 g/mol. The number of hydrazone groups is 1. The van der Waals surface area contributed by atoms with Crippen LogP contribution >= 0.6 is 62.3 Å². The lowest BCUT2D eigenvalue weighted by Gasteiger charge is -2.10. The third-order valence-corrected chi connectivity index (χ3v) is 5.66. The molecule has 9 heteroatoms. The SMILES string of the molecule is O=C(N/N=C\c1ccc(OCc2ccc(Cl)cc2Cl)c(Br)c1)c1ccc(Cl)cc1Cl. The molecule has 0 radical (unpaired) electrons. The van der Waals surface area contributed by atoms with E-state index >= 15 is 0 Å². The number of nitrogens with one attached hydrogen (secondary N) is 1. The van der Waals surface area contributed by atoms with Crippen molar-refractivity contribution in [1.82, 2.24) is 5.43 Å². The van der Waals surface area contributed by atoms with Gasteiger partial charge in [-0.25, -0.2) is 5.43 Å². The monoisotopic (exact) mass is 544 g/mol. The van der Waals surface area contributed by atoms with Crippen molar-refractivity contribution in [2.45, 2.75) is 6.61 Å². The smallest absolute Gasteiger partial charge is 0.272 e. The van der Waals surface area contributed by atoms with Gasteiger partial charge in [-0.3, -0.25) is 4.79 Å². The fourth-order valence-electron chi connectivity index (χ4n) is 2.41. The zero-order chi connectivity index (χ0) is 21.7. The van der Waals surface area contributed by atoms with Gasteiger partial charge in [0.1, 0.15) is 12.4 Å². The highest BCUT2D eigenvalue weighted by Gasteiger charge is 2.10. The lowest BCUT2D eigenvalue weighted by atomic mass is 10.2. The third kappa shape index (κ3) is 6.13. The molecule has 0 atom stereocenters. The minimum absolute atomic E-state index is 0.250. The van der Waals surface area contributed by atoms with Gasteiger partial charge in [0.2, 0.25) is 0 Å². The molecular formula is C21H13BrCl4N2O2. The summed E-state index contributed by atoms with van der Waals surface area (Å²) in [6.45, 7) is 0.292. The van der Waals surface area contributed by atoms with Gasteiger partial charge < -0.3 is 4.74 Å². The van der Waals surface area contributed by atoms with Crippen molar-refractivity contribution in [3.8, 4) is 5.75 Å². The first kappa shape index (κ1) is 22.9. The number of carbonyl (C=O) groups is 1. The Kier molecular flexibility index (Phi) is 8.03. The van der Waals surface area contributed by atoms with Crippen LogP contribution in [0.5, 0.6) is 5.75 Å². The Bertz CT molecular complexity index is 1120. The van der Waals surface area contributed by atoms with Gasteiger partial charge in [-0.15, -0.1) is 0 Å². The summed E-state index contributed by atoms with van der Waals surface area (Å²) < 4.78 is 6.53. The third-order valence-electron chi connectivity index (χ3n) is 3.91. The summed E-state index contributed by atoms with van der Waals surface area (Å²) in [7, 11) is 0. The number of benzene rings is 3. The van der Waals surface area contributed by atoms with E-state index in [2.05, 4.69) is 26.5 Å². The molecule has 0 fully saturated rings. The van der Waals surface area contributed by atoms with Gasteiger partial charge in [0.15, 0.2) is 0 Å². The fraction of sp³-hybridized carbons (Fsp3) is 0.0476. The first-order valence-corrected chi connectivity index (χ1v) is 10.8. The lowest BCUT2D eigenvalue weighted by molar-refractivity contribution is 0.0955. The zero-order valence-electron chi connectivity index (χ0n) is 15.1. The summed E-state index contributed by atoms with van der Waals surface area (Å²) in [6.07, 6.45) is 1.51. The van der Waals surface area contributed by atoms with Gasteiger partial charge in [0.25, 0.3) is 5.91 Å². The maximum absolute atomic E-state index is 12.2. The van der Waals surface area contributed by atoms with E-state index in [4.69, 9.17) is 51.1 Å². The summed E-state index contributed by atoms with van der Waals surface area (Å²) in [5, 5.41) is 5.77. The fourth-order valence-corrected chi connectivity index (χ4v) is 3.88. The van der Waals surface area contributed by atoms with E-state index in [1.165, 1.54) is 18.3 Å². The summed E-state index contributed by atoms with van der Waals surface area (Å²) in [4.78, 5) is 12.2. The summed E-state index contributed by atoms with van der Waals surface area (Å²) in [5.74, 6) is 0.196. The van der Waals surface area contributed by atoms with Crippen molar-refractivity contribution in [2.75, 3.05) is 0 Å². The number of ether oxygens (including phenoxy) is 1. The molecule has 3 aromatic carbocycles. The first-order chi connectivity index (χ1) is 14.3. The van der Waals surface area contributed by atoms with E-state index in [-0.39, 0.29) is 10.6 Å². The second-order valence-electron chi connectivity index (χ2n) is 6.04. The molecule has 1 amide bonds. The zero-order valence-corrected chi connectivity index (χ0v) is 19.7. The molecule has 0 aliphatic carbocycles. The van der Waals surface area contributed by atoms with Crippen molar-refractivity contribution in [2.24, 2.45) is 5.10 Å². The average Bonchev–Trinajstić information content (AvgIpc) is 2.68. The van der Waals surface area contributed by atoms with Gasteiger partial charge in [0.05, 0.1) is 21.3 Å². The van der Waals surface area contributed by atoms with E-state index in [0.717, 1.165) is 15.6 Å². The predicted molar refractivity (Wildman–Crippen MR) is 126 cm³/mol. The molecule has 0 saturated carbocycles. The number of rotatable bonds is 6. The molecule has 0 unspecified atom stereocenters. The molecule has 0 bridgehead atoms. The molecule has 0 heterocycles. The Labute approximate surface area is 201 Å². The normalized spacial score (nSPS) is 11.0. The van der Waals surface area contributed by atoms with Crippen LogP contribution in [-0.4, -0.2) is 12.1 Å². The summed E-state index contributed by atoms with van der Waals surface area (Å²) >= 11 is 27.4. The molecule has 0 aliphatic rings. The molecule has 0 aromatic heterocycles. The number of hydrogen-bond donors (Lipinski definition) is 1. The Morgan fingerprint density at radius 3 is 2.33 bits per heavy atom. The number of amides is 1. The summed E-state index contributed by atoms with van der Waals surface area (Å²) in [6, 6.07) is 15.2. The second-order valence-corrected chi connectivity index (χ2v) is 8.58. The molecule has 1 N–H and O–H groups in total. The lowest BCUT2D eigenvalue weighted by Crippen LogP contribution is -2.18. The van der Waals surface area contributed by atoms with Crippen LogP contribution in [0.15, 0.2) is 64.2 Å². The molecule has 3 aromatic rings. The van der Waals surface area contributed by atoms with Gasteiger partial charge in [-0.05, 0) is 70.0 Å². The Balaban J connectivity index is 1.61. The molecule has 0 aliphatic heterocycles. The second kappa shape index (κ2) is 10.5. The number of carbonyl (C=O) groups excluding carboxylic acids is 1. The van der Waals surface area contributed by atoms with Crippen molar-refractivity contribution in [3.63, 3.8) is 0 Å². The van der Waals surface area contributed by atoms with Crippen LogP contribution in [0.2, 0.25) is 20.1 Å². The maximum atomic E-state index is 12.2. The Hall–Kier alpha value is -1.76. The number of hydrogen-bond acceptors (Lipinski definition) is 3. The number of halogens is 5. The molecule has 0 spiro atoms. The minimum atomic E-state index is -0.438. The van der Waals surface area contributed by atoms with E-state index in [9.17, 15) is 4.79 Å². The Morgan fingerprint density at radius 2 is 1.67 bits per heavy atom. The van der Waals surface area contributed by atoms with Crippen LogP contribution in [0.3, 0.4) is 0 Å². The standard InChI is InChI=1S/C21H13BrCl4N2O2/c22-17-7-12(10-27-28-21(29)16-5-4-15(24)9-19(16)26)1-6-20(17)30-11-13-2-3-14(23)8-18(13)25/h1-10H,11H2,(H,28,29)/b27-10-. The van der Waals surface area contributed by atoms with E-state index in [0.29, 0.717) is 27.4 Å². The van der Waals surface area contributed by atoms with Crippen LogP contribution in [-0.2, 0) is 6.61 Å². The van der Waals surface area contributed by atoms with Crippen molar-refractivity contribution in [1.29, 1.82) is 0 Å². The maximum Gasteiger partial charge on any atom is 0.272 e. The number of nitrogens with zero attached hydrogens (tertiary/aromatic N) is 1. The van der Waals surface area contributed by atoms with E-state index < -0.39 is 5.91 Å². The highest BCUT2D eigenvalue weighted by molar-refractivity contribution is 9.10. The van der Waals surface area contributed by atoms with Crippen LogP contribution < -0.4 is 10.2 Å². The van der Waals surface area contributed by atoms with Crippen molar-refractivity contribution >= 4 is 74.5 Å². The van der Waals surface area contributed by atoms with Gasteiger partial charge in [-0.2, -0.15) is 5.10 Å². The average molecular weight is 547 g/mol. The summed E-state index contributed by atoms with van der Waals surface area (Å²) in [5.41, 5.74) is 4.28. The predicted octanol–water partition coefficient (Wildman–Crippen LogP) is 7.41. The van der Waals surface area contributed by atoms with Crippen LogP contribution in [0.4, 0.5) is 0 Å². The van der Waals surface area contributed by atoms with Crippen molar-refractivity contribution in [3.05, 3.63) is 95.9 Å². The molecule has 30 heavy (non-hydrogen) atoms. The largest absolute Gasteiger partial charge is 0.488 e. The molecule has 154 valence electrons. The van der Waals surface area contributed by atoms with Crippen LogP contribution in [0, 0.1) is 0 Å². The van der Waals surface area contributed by atoms with E-state index in [1.54, 1.807) is 30.3 Å². The van der Waals surface area contributed by atoms with E-state index in [1.807, 2.05) is 12.1 Å². The quantitative estimate of drug-likeness (QED) is 0.258. The molecule has 3 rings (SSSR count). The molecule has 0 saturated heterocycles. The van der Waals surface area contributed by atoms with Crippen molar-refractivity contribution < 1.29 is 9.53 Å². The first-order valence-electron chi connectivity index (χ1n) is 8.48. The van der Waals surface area contributed by atoms with Gasteiger partial charge in [0, 0.05) is 20.6 Å². The minimum Gasteiger partial charge on any atom is -0.488 e. The van der Waals surface area contributed by atoms with Crippen LogP contribution in [0.1, 0.15) is 21.5 Å². The van der Waals surface area contributed by atoms with Crippen LogP contribution in [0.25, 0.3) is 0 Å². The van der Waals surface area contributed by atoms with Gasteiger partial charge in [-0.1, -0.05) is 52.5 Å². The van der Waals surface area contributed by atoms with Gasteiger partial charge >= 0.3 is 0 Å². The highest BCUT2D eigenvalue weighted by Crippen LogP contribution is 2.28. The molecule has 4 nitrogen and oxygen atoms in total. The highest BCUT2D eigenvalue weighted by atomic mass is 79.9.